The van der Waals surface area contributed by atoms with Crippen molar-refractivity contribution in [3.05, 3.63) is 41.7 Å². The molecule has 1 aromatic heterocycles. The van der Waals surface area contributed by atoms with Gasteiger partial charge in [-0.3, -0.25) is 4.79 Å². The molecular weight excluding hydrogens is 380 g/mol. The molecule has 1 amide bonds. The van der Waals surface area contributed by atoms with E-state index in [1.54, 1.807) is 0 Å². The van der Waals surface area contributed by atoms with Crippen molar-refractivity contribution in [1.82, 2.24) is 14.3 Å². The topological polar surface area (TPSA) is 49.3 Å². The highest BCUT2D eigenvalue weighted by Crippen LogP contribution is 2.21. The lowest BCUT2D eigenvalue weighted by molar-refractivity contribution is -0.131. The highest BCUT2D eigenvalue weighted by Gasteiger charge is 2.23. The predicted octanol–water partition coefficient (Wildman–Crippen LogP) is 4.92. The molecule has 0 spiro atoms. The summed E-state index contributed by atoms with van der Waals surface area (Å²) in [5.74, 6) is 1.20. The normalized spacial score (nSPS) is 14.4. The average molecular weight is 415 g/mol. The average Bonchev–Trinajstić information content (AvgIpc) is 3.22. The van der Waals surface area contributed by atoms with E-state index in [-0.39, 0.29) is 0 Å². The molecular formula is C23H34N4OS. The lowest BCUT2D eigenvalue weighted by Gasteiger charge is -2.34. The predicted molar refractivity (Wildman–Crippen MR) is 121 cm³/mol. The number of anilines is 1. The van der Waals surface area contributed by atoms with E-state index < -0.39 is 0 Å². The number of carbonyl (C=O) groups is 1. The van der Waals surface area contributed by atoms with Crippen LogP contribution in [0.2, 0.25) is 0 Å². The Morgan fingerprint density at radius 3 is 2.38 bits per heavy atom. The summed E-state index contributed by atoms with van der Waals surface area (Å²) in [6.45, 7) is 5.53. The molecule has 1 fully saturated rings. The van der Waals surface area contributed by atoms with Crippen LogP contribution in [0.15, 0.2) is 30.3 Å². The third-order valence-corrected chi connectivity index (χ3v) is 6.37. The molecule has 1 aromatic carbocycles. The molecule has 6 heteroatoms. The number of rotatable bonds is 11. The van der Waals surface area contributed by atoms with E-state index in [0.29, 0.717) is 12.3 Å². The second-order valence-electron chi connectivity index (χ2n) is 7.89. The van der Waals surface area contributed by atoms with Crippen LogP contribution in [0.3, 0.4) is 0 Å². The summed E-state index contributed by atoms with van der Waals surface area (Å²) in [7, 11) is 0. The van der Waals surface area contributed by atoms with Gasteiger partial charge in [-0.2, -0.15) is 4.37 Å². The lowest BCUT2D eigenvalue weighted by Crippen LogP contribution is -2.48. The summed E-state index contributed by atoms with van der Waals surface area (Å²) >= 11 is 1.47. The zero-order valence-electron chi connectivity index (χ0n) is 17.7. The molecule has 0 N–H and O–H groups in total. The van der Waals surface area contributed by atoms with Crippen molar-refractivity contribution < 1.29 is 4.79 Å². The minimum Gasteiger partial charge on any atom is -0.343 e. The molecule has 2 heterocycles. The van der Waals surface area contributed by atoms with Crippen molar-refractivity contribution in [2.24, 2.45) is 0 Å². The first-order valence-electron chi connectivity index (χ1n) is 11.2. The zero-order chi connectivity index (χ0) is 20.3. The number of benzene rings is 1. The van der Waals surface area contributed by atoms with Gasteiger partial charge in [0.2, 0.25) is 11.0 Å². The van der Waals surface area contributed by atoms with Gasteiger partial charge < -0.3 is 9.80 Å². The molecule has 2 aromatic rings. The minimum atomic E-state index is 0.320. The van der Waals surface area contributed by atoms with Crippen molar-refractivity contribution >= 4 is 22.6 Å². The molecule has 0 atom stereocenters. The summed E-state index contributed by atoms with van der Waals surface area (Å²) < 4.78 is 4.53. The third kappa shape index (κ3) is 7.11. The number of unbranched alkanes of at least 4 members (excludes halogenated alkanes) is 6. The molecule has 1 aliphatic rings. The Kier molecular flexibility index (Phi) is 8.93. The molecule has 0 unspecified atom stereocenters. The van der Waals surface area contributed by atoms with E-state index in [0.717, 1.165) is 50.0 Å². The van der Waals surface area contributed by atoms with Gasteiger partial charge in [0.25, 0.3) is 0 Å². The van der Waals surface area contributed by atoms with Gasteiger partial charge >= 0.3 is 0 Å². The summed E-state index contributed by atoms with van der Waals surface area (Å²) in [5, 5.41) is 0.982. The van der Waals surface area contributed by atoms with Crippen LogP contribution in [0.25, 0.3) is 0 Å². The van der Waals surface area contributed by atoms with E-state index in [9.17, 15) is 4.79 Å². The van der Waals surface area contributed by atoms with Gasteiger partial charge in [-0.15, -0.1) is 0 Å². The maximum Gasteiger partial charge on any atom is 0.222 e. The quantitative estimate of drug-likeness (QED) is 0.490. The van der Waals surface area contributed by atoms with Crippen LogP contribution in [-0.2, 0) is 11.2 Å². The van der Waals surface area contributed by atoms with Crippen molar-refractivity contribution in [3.8, 4) is 0 Å². The van der Waals surface area contributed by atoms with Crippen LogP contribution < -0.4 is 4.90 Å². The van der Waals surface area contributed by atoms with E-state index in [1.807, 2.05) is 23.1 Å². The van der Waals surface area contributed by atoms with Gasteiger partial charge in [0, 0.05) is 50.6 Å². The largest absolute Gasteiger partial charge is 0.343 e. The fraction of sp³-hybridized carbons (Fsp3) is 0.609. The number of hydrogen-bond acceptors (Lipinski definition) is 5. The fourth-order valence-corrected chi connectivity index (χ4v) is 4.50. The van der Waals surface area contributed by atoms with Crippen molar-refractivity contribution in [2.45, 2.75) is 64.7 Å². The SMILES string of the molecule is CCCCCCCCCC(=O)N1CCN(c2nc(Cc3ccccc3)ns2)CC1. The van der Waals surface area contributed by atoms with Gasteiger partial charge in [0.15, 0.2) is 0 Å². The second-order valence-corrected chi connectivity index (χ2v) is 8.63. The van der Waals surface area contributed by atoms with Crippen molar-refractivity contribution in [1.29, 1.82) is 0 Å². The summed E-state index contributed by atoms with van der Waals surface area (Å²) in [6.07, 6.45) is 10.2. The molecule has 0 radical (unpaired) electrons. The number of carbonyl (C=O) groups excluding carboxylic acids is 1. The highest BCUT2D eigenvalue weighted by molar-refractivity contribution is 7.09. The Hall–Kier alpha value is -1.95. The Morgan fingerprint density at radius 1 is 0.966 bits per heavy atom. The van der Waals surface area contributed by atoms with Crippen molar-refractivity contribution in [2.75, 3.05) is 31.1 Å². The molecule has 0 bridgehead atoms. The molecule has 5 nitrogen and oxygen atoms in total. The molecule has 1 aliphatic heterocycles. The summed E-state index contributed by atoms with van der Waals surface area (Å²) in [4.78, 5) is 21.5. The zero-order valence-corrected chi connectivity index (χ0v) is 18.5. The summed E-state index contributed by atoms with van der Waals surface area (Å²) in [6, 6.07) is 10.3. The Bertz CT molecular complexity index is 725. The number of hydrogen-bond donors (Lipinski definition) is 0. The smallest absolute Gasteiger partial charge is 0.222 e. The van der Waals surface area contributed by atoms with Crippen LogP contribution in [0, 0.1) is 0 Å². The molecule has 1 saturated heterocycles. The van der Waals surface area contributed by atoms with E-state index in [2.05, 4.69) is 28.3 Å². The Morgan fingerprint density at radius 2 is 1.66 bits per heavy atom. The first-order chi connectivity index (χ1) is 14.3. The van der Waals surface area contributed by atoms with Crippen molar-refractivity contribution in [3.63, 3.8) is 0 Å². The van der Waals surface area contributed by atoms with E-state index >= 15 is 0 Å². The number of aromatic nitrogens is 2. The maximum atomic E-state index is 12.5. The van der Waals surface area contributed by atoms with Crippen LogP contribution in [0.1, 0.15) is 69.7 Å². The van der Waals surface area contributed by atoms with Crippen LogP contribution >= 0.6 is 11.5 Å². The first kappa shape index (κ1) is 21.8. The molecule has 3 rings (SSSR count). The van der Waals surface area contributed by atoms with E-state index in [1.165, 1.54) is 55.6 Å². The van der Waals surface area contributed by atoms with Gasteiger partial charge in [-0.1, -0.05) is 75.8 Å². The Labute approximate surface area is 179 Å². The molecule has 158 valence electrons. The standard InChI is InChI=1S/C23H34N4OS/c1-2-3-4-5-6-7-11-14-22(28)26-15-17-27(18-16-26)23-24-21(25-29-23)19-20-12-9-8-10-13-20/h8-10,12-13H,2-7,11,14-19H2,1H3. The highest BCUT2D eigenvalue weighted by atomic mass is 32.1. The van der Waals surface area contributed by atoms with Gasteiger partial charge in [-0.25, -0.2) is 4.98 Å². The third-order valence-electron chi connectivity index (χ3n) is 5.56. The van der Waals surface area contributed by atoms with Gasteiger partial charge in [0.05, 0.1) is 0 Å². The van der Waals surface area contributed by atoms with Crippen LogP contribution in [0.5, 0.6) is 0 Å². The van der Waals surface area contributed by atoms with Gasteiger partial charge in [-0.05, 0) is 12.0 Å². The molecule has 0 aliphatic carbocycles. The monoisotopic (exact) mass is 414 g/mol. The summed E-state index contributed by atoms with van der Waals surface area (Å²) in [5.41, 5.74) is 1.23. The molecule has 0 saturated carbocycles. The maximum absolute atomic E-state index is 12.5. The lowest BCUT2D eigenvalue weighted by atomic mass is 10.1. The van der Waals surface area contributed by atoms with Crippen LogP contribution in [-0.4, -0.2) is 46.3 Å². The van der Waals surface area contributed by atoms with E-state index in [4.69, 9.17) is 4.98 Å². The number of amides is 1. The van der Waals surface area contributed by atoms with Crippen LogP contribution in [0.4, 0.5) is 5.13 Å². The minimum absolute atomic E-state index is 0.320. The second kappa shape index (κ2) is 11.9. The van der Waals surface area contributed by atoms with Gasteiger partial charge in [0.1, 0.15) is 5.82 Å². The number of nitrogens with zero attached hydrogens (tertiary/aromatic N) is 4. The fourth-order valence-electron chi connectivity index (χ4n) is 3.76. The Balaban J connectivity index is 1.35. The first-order valence-corrected chi connectivity index (χ1v) is 11.9. The number of piperazine rings is 1. The molecule has 29 heavy (non-hydrogen) atoms.